The highest BCUT2D eigenvalue weighted by Crippen LogP contribution is 2.19. The molecule has 2 aromatic rings. The van der Waals surface area contributed by atoms with Crippen molar-refractivity contribution in [3.63, 3.8) is 0 Å². The van der Waals surface area contributed by atoms with Gasteiger partial charge in [0.2, 0.25) is 5.91 Å². The van der Waals surface area contributed by atoms with Gasteiger partial charge in [-0.25, -0.2) is 4.98 Å². The summed E-state index contributed by atoms with van der Waals surface area (Å²) in [6.45, 7) is 3.81. The van der Waals surface area contributed by atoms with E-state index >= 15 is 0 Å². The molecule has 130 valence electrons. The van der Waals surface area contributed by atoms with Crippen molar-refractivity contribution in [3.05, 3.63) is 48.3 Å². The molecule has 2 N–H and O–H groups in total. The van der Waals surface area contributed by atoms with Gasteiger partial charge in [-0.15, -0.1) is 0 Å². The lowest BCUT2D eigenvalue weighted by Crippen LogP contribution is -2.41. The van der Waals surface area contributed by atoms with Crippen molar-refractivity contribution in [2.24, 2.45) is 0 Å². The van der Waals surface area contributed by atoms with Crippen molar-refractivity contribution in [1.29, 1.82) is 0 Å². The molecule has 1 aliphatic heterocycles. The van der Waals surface area contributed by atoms with Crippen molar-refractivity contribution < 1.29 is 14.3 Å². The van der Waals surface area contributed by atoms with E-state index in [9.17, 15) is 9.59 Å². The molecule has 2 heterocycles. The molecule has 1 fully saturated rings. The van der Waals surface area contributed by atoms with Crippen molar-refractivity contribution in [2.75, 3.05) is 36.9 Å². The molecule has 0 atom stereocenters. The molecule has 0 aliphatic carbocycles. The number of rotatable bonds is 4. The highest BCUT2D eigenvalue weighted by Gasteiger charge is 2.19. The van der Waals surface area contributed by atoms with Gasteiger partial charge in [0.15, 0.2) is 0 Å². The number of carbonyl (C=O) groups excluding carboxylic acids is 2. The number of nitrogens with one attached hydrogen (secondary N) is 2. The number of nitrogens with zero attached hydrogens (tertiary/aromatic N) is 2. The fourth-order valence-corrected chi connectivity index (χ4v) is 2.53. The Labute approximate surface area is 146 Å². The standard InChI is InChI=1S/C18H20N4O3/c1-13(23)20-14-2-4-15(5-3-14)21-16-6-7-17(19-12-16)18(24)22-8-10-25-11-9-22/h2-7,12,21H,8-11H2,1H3,(H,20,23). The van der Waals surface area contributed by atoms with Crippen molar-refractivity contribution in [1.82, 2.24) is 9.88 Å². The molecule has 2 amide bonds. The third-order valence-electron chi connectivity index (χ3n) is 3.77. The number of ether oxygens (including phenoxy) is 1. The summed E-state index contributed by atoms with van der Waals surface area (Å²) >= 11 is 0. The number of pyridine rings is 1. The van der Waals surface area contributed by atoms with Crippen molar-refractivity contribution >= 4 is 28.9 Å². The summed E-state index contributed by atoms with van der Waals surface area (Å²) in [5.41, 5.74) is 2.81. The van der Waals surface area contributed by atoms with Crippen LogP contribution in [-0.4, -0.2) is 48.0 Å². The van der Waals surface area contributed by atoms with E-state index in [0.717, 1.165) is 17.1 Å². The zero-order valence-electron chi connectivity index (χ0n) is 14.0. The van der Waals surface area contributed by atoms with E-state index in [1.54, 1.807) is 17.2 Å². The number of benzene rings is 1. The Morgan fingerprint density at radius 2 is 1.64 bits per heavy atom. The fraction of sp³-hybridized carbons (Fsp3) is 0.278. The molecule has 3 rings (SSSR count). The van der Waals surface area contributed by atoms with E-state index in [4.69, 9.17) is 4.74 Å². The molecule has 0 bridgehead atoms. The Bertz CT molecular complexity index is 738. The molecule has 1 saturated heterocycles. The van der Waals surface area contributed by atoms with Crippen LogP contribution >= 0.6 is 0 Å². The SMILES string of the molecule is CC(=O)Nc1ccc(Nc2ccc(C(=O)N3CCOCC3)nc2)cc1. The molecule has 1 aromatic carbocycles. The molecule has 0 saturated carbocycles. The number of hydrogen-bond acceptors (Lipinski definition) is 5. The first kappa shape index (κ1) is 16.9. The van der Waals surface area contributed by atoms with E-state index in [2.05, 4.69) is 15.6 Å². The number of amides is 2. The minimum Gasteiger partial charge on any atom is -0.378 e. The highest BCUT2D eigenvalue weighted by atomic mass is 16.5. The Morgan fingerprint density at radius 3 is 2.24 bits per heavy atom. The Balaban J connectivity index is 1.62. The van der Waals surface area contributed by atoms with Crippen LogP contribution in [0.2, 0.25) is 0 Å². The summed E-state index contributed by atoms with van der Waals surface area (Å²) in [6.07, 6.45) is 1.63. The largest absolute Gasteiger partial charge is 0.378 e. The molecular weight excluding hydrogens is 320 g/mol. The second-order valence-corrected chi connectivity index (χ2v) is 5.72. The predicted octanol–water partition coefficient (Wildman–Crippen LogP) is 2.26. The maximum Gasteiger partial charge on any atom is 0.272 e. The van der Waals surface area contributed by atoms with Crippen LogP contribution in [-0.2, 0) is 9.53 Å². The first-order valence-corrected chi connectivity index (χ1v) is 8.09. The maximum atomic E-state index is 12.3. The summed E-state index contributed by atoms with van der Waals surface area (Å²) in [6, 6.07) is 10.9. The summed E-state index contributed by atoms with van der Waals surface area (Å²) in [5, 5.41) is 5.93. The van der Waals surface area contributed by atoms with Gasteiger partial charge in [-0.2, -0.15) is 0 Å². The molecule has 25 heavy (non-hydrogen) atoms. The summed E-state index contributed by atoms with van der Waals surface area (Å²) in [4.78, 5) is 29.4. The van der Waals surface area contributed by atoms with Gasteiger partial charge in [0.25, 0.3) is 5.91 Å². The second-order valence-electron chi connectivity index (χ2n) is 5.72. The number of morpholine rings is 1. The zero-order valence-corrected chi connectivity index (χ0v) is 14.0. The minimum absolute atomic E-state index is 0.0745. The van der Waals surface area contributed by atoms with E-state index in [0.29, 0.717) is 32.0 Å². The molecule has 7 nitrogen and oxygen atoms in total. The average molecular weight is 340 g/mol. The van der Waals surface area contributed by atoms with Gasteiger partial charge >= 0.3 is 0 Å². The van der Waals surface area contributed by atoms with Gasteiger partial charge in [-0.05, 0) is 36.4 Å². The molecule has 7 heteroatoms. The van der Waals surface area contributed by atoms with Gasteiger partial charge in [-0.3, -0.25) is 9.59 Å². The van der Waals surface area contributed by atoms with Crippen molar-refractivity contribution in [2.45, 2.75) is 6.92 Å². The van der Waals surface area contributed by atoms with Gasteiger partial charge < -0.3 is 20.3 Å². The van der Waals surface area contributed by atoms with Crippen LogP contribution in [0.1, 0.15) is 17.4 Å². The van der Waals surface area contributed by atoms with Gasteiger partial charge in [-0.1, -0.05) is 0 Å². The molecule has 1 aromatic heterocycles. The molecular formula is C18H20N4O3. The van der Waals surface area contributed by atoms with Crippen LogP contribution < -0.4 is 10.6 Å². The number of hydrogen-bond donors (Lipinski definition) is 2. The van der Waals surface area contributed by atoms with E-state index in [1.807, 2.05) is 30.3 Å². The van der Waals surface area contributed by atoms with E-state index in [1.165, 1.54) is 6.92 Å². The molecule has 0 spiro atoms. The lowest BCUT2D eigenvalue weighted by Gasteiger charge is -2.26. The third kappa shape index (κ3) is 4.54. The Kier molecular flexibility index (Phi) is 5.25. The topological polar surface area (TPSA) is 83.6 Å². The number of anilines is 3. The van der Waals surface area contributed by atoms with Gasteiger partial charge in [0.1, 0.15) is 5.69 Å². The molecule has 1 aliphatic rings. The highest BCUT2D eigenvalue weighted by molar-refractivity contribution is 5.92. The normalized spacial score (nSPS) is 14.0. The van der Waals surface area contributed by atoms with Gasteiger partial charge in [0, 0.05) is 31.4 Å². The van der Waals surface area contributed by atoms with Crippen LogP contribution in [0.5, 0.6) is 0 Å². The molecule has 0 unspecified atom stereocenters. The minimum atomic E-state index is -0.106. The average Bonchev–Trinajstić information content (AvgIpc) is 2.64. The lowest BCUT2D eigenvalue weighted by molar-refractivity contribution is -0.114. The summed E-state index contributed by atoms with van der Waals surface area (Å²) in [7, 11) is 0. The van der Waals surface area contributed by atoms with Crippen LogP contribution in [0.4, 0.5) is 17.1 Å². The first-order chi connectivity index (χ1) is 12.1. The third-order valence-corrected chi connectivity index (χ3v) is 3.77. The summed E-state index contributed by atoms with van der Waals surface area (Å²) < 4.78 is 5.25. The zero-order chi connectivity index (χ0) is 17.6. The van der Waals surface area contributed by atoms with Crippen LogP contribution in [0, 0.1) is 0 Å². The smallest absolute Gasteiger partial charge is 0.272 e. The second kappa shape index (κ2) is 7.76. The van der Waals surface area contributed by atoms with E-state index < -0.39 is 0 Å². The number of carbonyl (C=O) groups is 2. The van der Waals surface area contributed by atoms with Gasteiger partial charge in [0.05, 0.1) is 25.1 Å². The van der Waals surface area contributed by atoms with Crippen LogP contribution in [0.15, 0.2) is 42.6 Å². The lowest BCUT2D eigenvalue weighted by atomic mass is 10.2. The first-order valence-electron chi connectivity index (χ1n) is 8.09. The van der Waals surface area contributed by atoms with Crippen LogP contribution in [0.25, 0.3) is 0 Å². The van der Waals surface area contributed by atoms with Crippen molar-refractivity contribution in [3.8, 4) is 0 Å². The monoisotopic (exact) mass is 340 g/mol. The fourth-order valence-electron chi connectivity index (χ4n) is 2.53. The number of aromatic nitrogens is 1. The summed E-state index contributed by atoms with van der Waals surface area (Å²) in [5.74, 6) is -0.181. The van der Waals surface area contributed by atoms with Crippen LogP contribution in [0.3, 0.4) is 0 Å². The van der Waals surface area contributed by atoms with E-state index in [-0.39, 0.29) is 11.8 Å². The molecule has 0 radical (unpaired) electrons. The quantitative estimate of drug-likeness (QED) is 0.892. The maximum absolute atomic E-state index is 12.3. The Hall–Kier alpha value is -2.93. The Morgan fingerprint density at radius 1 is 1.00 bits per heavy atom. The predicted molar refractivity (Wildman–Crippen MR) is 95.0 cm³/mol.